The lowest BCUT2D eigenvalue weighted by Gasteiger charge is -2.31. The number of ether oxygens (including phenoxy) is 1. The summed E-state index contributed by atoms with van der Waals surface area (Å²) in [5, 5.41) is 2.71. The number of amides is 2. The van der Waals surface area contributed by atoms with Gasteiger partial charge in [0.25, 0.3) is 0 Å². The molecule has 160 valence electrons. The Hall–Kier alpha value is -2.91. The maximum absolute atomic E-state index is 12.8. The first-order valence-corrected chi connectivity index (χ1v) is 11.1. The minimum atomic E-state index is -3.64. The first-order valence-electron chi connectivity index (χ1n) is 9.62. The van der Waals surface area contributed by atoms with E-state index in [0.29, 0.717) is 24.2 Å². The highest BCUT2D eigenvalue weighted by Gasteiger charge is 2.33. The number of nitrogens with two attached hydrogens (primary N) is 1. The van der Waals surface area contributed by atoms with Crippen molar-refractivity contribution in [1.82, 2.24) is 9.62 Å². The number of carbonyl (C=O) groups excluding carboxylic acids is 2. The van der Waals surface area contributed by atoms with Crippen LogP contribution in [0.25, 0.3) is 0 Å². The van der Waals surface area contributed by atoms with Gasteiger partial charge in [0.2, 0.25) is 21.8 Å². The largest absolute Gasteiger partial charge is 0.497 e. The molecule has 0 aromatic heterocycles. The Kier molecular flexibility index (Phi) is 6.73. The summed E-state index contributed by atoms with van der Waals surface area (Å²) in [6.45, 7) is 0.443. The van der Waals surface area contributed by atoms with E-state index in [1.165, 1.54) is 23.5 Å². The molecule has 0 bridgehead atoms. The van der Waals surface area contributed by atoms with E-state index in [9.17, 15) is 18.0 Å². The molecule has 9 heteroatoms. The third-order valence-corrected chi connectivity index (χ3v) is 7.14. The van der Waals surface area contributed by atoms with Crippen LogP contribution in [0.3, 0.4) is 0 Å². The van der Waals surface area contributed by atoms with Crippen LogP contribution >= 0.6 is 0 Å². The van der Waals surface area contributed by atoms with E-state index in [-0.39, 0.29) is 23.9 Å². The molecule has 1 aliphatic rings. The second kappa shape index (κ2) is 9.27. The third kappa shape index (κ3) is 4.80. The topological polar surface area (TPSA) is 119 Å². The van der Waals surface area contributed by atoms with E-state index in [0.717, 1.165) is 0 Å². The fraction of sp³-hybridized carbons (Fsp3) is 0.333. The summed E-state index contributed by atoms with van der Waals surface area (Å²) in [5.74, 6) is -0.761. The van der Waals surface area contributed by atoms with Crippen LogP contribution in [0, 0.1) is 5.92 Å². The number of piperidine rings is 1. The molecule has 2 amide bonds. The summed E-state index contributed by atoms with van der Waals surface area (Å²) in [4.78, 5) is 24.7. The van der Waals surface area contributed by atoms with Crippen LogP contribution in [-0.4, -0.2) is 44.7 Å². The summed E-state index contributed by atoms with van der Waals surface area (Å²) in [5.41, 5.74) is 6.07. The molecule has 1 aliphatic heterocycles. The molecule has 0 radical (unpaired) electrons. The van der Waals surface area contributed by atoms with Gasteiger partial charge in [0, 0.05) is 19.0 Å². The van der Waals surface area contributed by atoms with Gasteiger partial charge in [-0.2, -0.15) is 4.31 Å². The highest BCUT2D eigenvalue weighted by Crippen LogP contribution is 2.26. The zero-order valence-corrected chi connectivity index (χ0v) is 17.5. The third-order valence-electron chi connectivity index (χ3n) is 5.23. The number of hydrogen-bond acceptors (Lipinski definition) is 5. The van der Waals surface area contributed by atoms with Crippen molar-refractivity contribution in [1.29, 1.82) is 0 Å². The van der Waals surface area contributed by atoms with E-state index in [1.807, 2.05) is 6.07 Å². The van der Waals surface area contributed by atoms with Crippen molar-refractivity contribution in [2.45, 2.75) is 23.8 Å². The Labute approximate surface area is 176 Å². The standard InChI is InChI=1S/C21H25N3O5S/c1-29-17-7-9-18(10-8-17)30(27,28)24-13-11-16(12-14-24)21(26)23-19(20(22)25)15-5-3-2-4-6-15/h2-10,16,19H,11-14H2,1H3,(H2,22,25)(H,23,26). The maximum Gasteiger partial charge on any atom is 0.244 e. The van der Waals surface area contributed by atoms with E-state index < -0.39 is 27.9 Å². The quantitative estimate of drug-likeness (QED) is 0.688. The number of nitrogens with one attached hydrogen (secondary N) is 1. The highest BCUT2D eigenvalue weighted by atomic mass is 32.2. The molecule has 1 heterocycles. The van der Waals surface area contributed by atoms with Gasteiger partial charge in [-0.15, -0.1) is 0 Å². The summed E-state index contributed by atoms with van der Waals surface area (Å²) < 4.78 is 32.1. The Morgan fingerprint density at radius 3 is 2.20 bits per heavy atom. The number of sulfonamides is 1. The number of carbonyl (C=O) groups is 2. The molecule has 30 heavy (non-hydrogen) atoms. The Morgan fingerprint density at radius 2 is 1.67 bits per heavy atom. The average Bonchev–Trinajstić information content (AvgIpc) is 2.77. The SMILES string of the molecule is COc1ccc(S(=O)(=O)N2CCC(C(=O)NC(C(N)=O)c3ccccc3)CC2)cc1. The van der Waals surface area contributed by atoms with Gasteiger partial charge in [0.05, 0.1) is 12.0 Å². The summed E-state index contributed by atoms with van der Waals surface area (Å²) >= 11 is 0. The average molecular weight is 432 g/mol. The second-order valence-electron chi connectivity index (χ2n) is 7.11. The number of methoxy groups -OCH3 is 1. The molecule has 1 unspecified atom stereocenters. The van der Waals surface area contributed by atoms with Gasteiger partial charge in [-0.3, -0.25) is 9.59 Å². The normalized spacial score (nSPS) is 16.6. The van der Waals surface area contributed by atoms with Gasteiger partial charge >= 0.3 is 0 Å². The number of benzene rings is 2. The Balaban J connectivity index is 1.62. The molecule has 1 atom stereocenters. The predicted molar refractivity (Wildman–Crippen MR) is 111 cm³/mol. The fourth-order valence-electron chi connectivity index (χ4n) is 3.48. The molecule has 3 N–H and O–H groups in total. The van der Waals surface area contributed by atoms with E-state index in [2.05, 4.69) is 5.32 Å². The number of rotatable bonds is 7. The van der Waals surface area contributed by atoms with Crippen LogP contribution in [0.4, 0.5) is 0 Å². The lowest BCUT2D eigenvalue weighted by Crippen LogP contribution is -2.45. The molecule has 1 fully saturated rings. The van der Waals surface area contributed by atoms with Crippen LogP contribution < -0.4 is 15.8 Å². The predicted octanol–water partition coefficient (Wildman–Crippen LogP) is 1.44. The second-order valence-corrected chi connectivity index (χ2v) is 9.05. The smallest absolute Gasteiger partial charge is 0.244 e. The number of hydrogen-bond donors (Lipinski definition) is 2. The van der Waals surface area contributed by atoms with Gasteiger partial charge in [-0.25, -0.2) is 8.42 Å². The first-order chi connectivity index (χ1) is 14.3. The van der Waals surface area contributed by atoms with Crippen molar-refractivity contribution in [3.05, 3.63) is 60.2 Å². The molecule has 2 aromatic rings. The zero-order chi connectivity index (χ0) is 21.7. The van der Waals surface area contributed by atoms with Gasteiger partial charge in [0.1, 0.15) is 11.8 Å². The van der Waals surface area contributed by atoms with Crippen LogP contribution in [0.1, 0.15) is 24.4 Å². The van der Waals surface area contributed by atoms with Crippen LogP contribution in [-0.2, 0) is 19.6 Å². The minimum absolute atomic E-state index is 0.184. The van der Waals surface area contributed by atoms with E-state index in [1.54, 1.807) is 36.4 Å². The number of primary amides is 1. The lowest BCUT2D eigenvalue weighted by atomic mass is 9.96. The molecule has 8 nitrogen and oxygen atoms in total. The summed E-state index contributed by atoms with van der Waals surface area (Å²) in [7, 11) is -2.13. The number of nitrogens with zero attached hydrogens (tertiary/aromatic N) is 1. The lowest BCUT2D eigenvalue weighted by molar-refractivity contribution is -0.130. The molecule has 0 aliphatic carbocycles. The minimum Gasteiger partial charge on any atom is -0.497 e. The molecular formula is C21H25N3O5S. The molecule has 2 aromatic carbocycles. The van der Waals surface area contributed by atoms with Crippen molar-refractivity contribution in [2.24, 2.45) is 11.7 Å². The molecule has 0 saturated carbocycles. The highest BCUT2D eigenvalue weighted by molar-refractivity contribution is 7.89. The van der Waals surface area contributed by atoms with E-state index >= 15 is 0 Å². The Morgan fingerprint density at radius 1 is 1.07 bits per heavy atom. The van der Waals surface area contributed by atoms with Crippen molar-refractivity contribution >= 4 is 21.8 Å². The van der Waals surface area contributed by atoms with Gasteiger partial charge in [-0.1, -0.05) is 30.3 Å². The maximum atomic E-state index is 12.8. The summed E-state index contributed by atoms with van der Waals surface area (Å²) in [6, 6.07) is 14.1. The van der Waals surface area contributed by atoms with Gasteiger partial charge in [0.15, 0.2) is 0 Å². The van der Waals surface area contributed by atoms with Crippen molar-refractivity contribution in [3.8, 4) is 5.75 Å². The van der Waals surface area contributed by atoms with Crippen LogP contribution in [0.2, 0.25) is 0 Å². The molecule has 3 rings (SSSR count). The molecule has 0 spiro atoms. The van der Waals surface area contributed by atoms with Crippen molar-refractivity contribution in [2.75, 3.05) is 20.2 Å². The van der Waals surface area contributed by atoms with E-state index in [4.69, 9.17) is 10.5 Å². The van der Waals surface area contributed by atoms with Gasteiger partial charge in [-0.05, 0) is 42.7 Å². The van der Waals surface area contributed by atoms with Crippen molar-refractivity contribution < 1.29 is 22.7 Å². The summed E-state index contributed by atoms with van der Waals surface area (Å²) in [6.07, 6.45) is 0.725. The zero-order valence-electron chi connectivity index (χ0n) is 16.7. The van der Waals surface area contributed by atoms with Crippen LogP contribution in [0.15, 0.2) is 59.5 Å². The van der Waals surface area contributed by atoms with Crippen LogP contribution in [0.5, 0.6) is 5.75 Å². The molecular weight excluding hydrogens is 406 g/mol. The monoisotopic (exact) mass is 431 g/mol. The molecule has 1 saturated heterocycles. The Bertz CT molecular complexity index is 985. The van der Waals surface area contributed by atoms with Crippen molar-refractivity contribution in [3.63, 3.8) is 0 Å². The fourth-order valence-corrected chi connectivity index (χ4v) is 4.95. The van der Waals surface area contributed by atoms with Gasteiger partial charge < -0.3 is 15.8 Å². The first kappa shape index (κ1) is 21.8.